The Bertz CT molecular complexity index is 284. The lowest BCUT2D eigenvalue weighted by atomic mass is 10.0. The highest BCUT2D eigenvalue weighted by molar-refractivity contribution is 7.99. The molecule has 0 aliphatic carbocycles. The average Bonchev–Trinajstić information content (AvgIpc) is 2.33. The molecule has 0 bridgehead atoms. The monoisotopic (exact) mass is 272 g/mol. The van der Waals surface area contributed by atoms with Crippen LogP contribution >= 0.6 is 11.8 Å². The Morgan fingerprint density at radius 1 is 1.39 bits per heavy atom. The number of rotatable bonds is 6. The van der Waals surface area contributed by atoms with Crippen LogP contribution in [0.25, 0.3) is 0 Å². The summed E-state index contributed by atoms with van der Waals surface area (Å²) in [5.74, 6) is 1.78. The van der Waals surface area contributed by atoms with Crippen molar-refractivity contribution in [3.63, 3.8) is 0 Å². The quantitative estimate of drug-likeness (QED) is 0.748. The molecular weight excluding hydrogens is 248 g/mol. The van der Waals surface area contributed by atoms with Gasteiger partial charge in [0.15, 0.2) is 0 Å². The van der Waals surface area contributed by atoms with Crippen LogP contribution in [0.15, 0.2) is 0 Å². The van der Waals surface area contributed by atoms with E-state index in [0.717, 1.165) is 31.6 Å². The molecule has 2 amide bonds. The molecule has 1 aliphatic heterocycles. The third-order valence-electron chi connectivity index (χ3n) is 3.19. The van der Waals surface area contributed by atoms with Gasteiger partial charge in [-0.3, -0.25) is 9.59 Å². The van der Waals surface area contributed by atoms with E-state index in [4.69, 9.17) is 0 Å². The highest BCUT2D eigenvalue weighted by atomic mass is 32.2. The van der Waals surface area contributed by atoms with Gasteiger partial charge in [-0.25, -0.2) is 0 Å². The first-order valence-electron chi connectivity index (χ1n) is 6.73. The van der Waals surface area contributed by atoms with E-state index < -0.39 is 0 Å². The van der Waals surface area contributed by atoms with E-state index in [0.29, 0.717) is 18.3 Å². The summed E-state index contributed by atoms with van der Waals surface area (Å²) in [5.41, 5.74) is 0. The minimum absolute atomic E-state index is 0.0122. The van der Waals surface area contributed by atoms with Crippen LogP contribution in [0, 0.1) is 0 Å². The van der Waals surface area contributed by atoms with Crippen molar-refractivity contribution in [3.8, 4) is 0 Å². The maximum atomic E-state index is 12.0. The fraction of sp³-hybridized carbons (Fsp3) is 0.846. The number of carbonyl (C=O) groups is 2. The summed E-state index contributed by atoms with van der Waals surface area (Å²) in [5, 5.41) is 2.76. The highest BCUT2D eigenvalue weighted by Crippen LogP contribution is 2.17. The summed E-state index contributed by atoms with van der Waals surface area (Å²) in [4.78, 5) is 24.7. The van der Waals surface area contributed by atoms with E-state index in [1.54, 1.807) is 11.8 Å². The molecule has 1 saturated heterocycles. The van der Waals surface area contributed by atoms with Crippen molar-refractivity contribution in [2.24, 2.45) is 0 Å². The van der Waals surface area contributed by atoms with Gasteiger partial charge >= 0.3 is 0 Å². The zero-order chi connectivity index (χ0) is 13.4. The van der Waals surface area contributed by atoms with Crippen molar-refractivity contribution < 1.29 is 9.59 Å². The summed E-state index contributed by atoms with van der Waals surface area (Å²) in [7, 11) is 0. The third kappa shape index (κ3) is 5.76. The molecule has 1 N–H and O–H groups in total. The van der Waals surface area contributed by atoms with E-state index in [1.165, 1.54) is 13.3 Å². The van der Waals surface area contributed by atoms with Gasteiger partial charge in [0.25, 0.3) is 0 Å². The first kappa shape index (κ1) is 15.3. The predicted octanol–water partition coefficient (Wildman–Crippen LogP) is 1.65. The number of hydrogen-bond donors (Lipinski definition) is 1. The lowest BCUT2D eigenvalue weighted by Gasteiger charge is -2.33. The van der Waals surface area contributed by atoms with Crippen molar-refractivity contribution >= 4 is 23.6 Å². The Kier molecular flexibility index (Phi) is 7.16. The van der Waals surface area contributed by atoms with Crippen LogP contribution in [0.4, 0.5) is 0 Å². The predicted molar refractivity (Wildman–Crippen MR) is 75.7 cm³/mol. The van der Waals surface area contributed by atoms with Gasteiger partial charge in [0.2, 0.25) is 11.8 Å². The molecule has 5 heteroatoms. The van der Waals surface area contributed by atoms with Crippen LogP contribution < -0.4 is 5.32 Å². The van der Waals surface area contributed by atoms with Gasteiger partial charge in [-0.1, -0.05) is 0 Å². The summed E-state index contributed by atoms with van der Waals surface area (Å²) in [6.45, 7) is 5.29. The molecule has 1 rings (SSSR count). The van der Waals surface area contributed by atoms with Crippen LogP contribution in [0.1, 0.15) is 39.5 Å². The molecule has 0 aromatic rings. The lowest BCUT2D eigenvalue weighted by molar-refractivity contribution is -0.131. The second-order valence-corrected chi connectivity index (χ2v) is 5.93. The average molecular weight is 272 g/mol. The smallest absolute Gasteiger partial charge is 0.232 e. The Hall–Kier alpha value is -0.710. The van der Waals surface area contributed by atoms with Gasteiger partial charge in [0.1, 0.15) is 0 Å². The zero-order valence-electron chi connectivity index (χ0n) is 11.4. The number of likely N-dealkylation sites (tertiary alicyclic amines) is 1. The van der Waals surface area contributed by atoms with E-state index >= 15 is 0 Å². The summed E-state index contributed by atoms with van der Waals surface area (Å²) in [6, 6.07) is 0.409. The fourth-order valence-electron chi connectivity index (χ4n) is 2.15. The number of amides is 2. The van der Waals surface area contributed by atoms with Gasteiger partial charge in [-0.15, -0.1) is 0 Å². The van der Waals surface area contributed by atoms with Crippen molar-refractivity contribution in [2.45, 2.75) is 45.6 Å². The molecule has 1 atom stereocenters. The van der Waals surface area contributed by atoms with Gasteiger partial charge in [-0.05, 0) is 38.4 Å². The minimum Gasteiger partial charge on any atom is -0.356 e. The van der Waals surface area contributed by atoms with E-state index in [2.05, 4.69) is 12.2 Å². The molecule has 0 aromatic carbocycles. The summed E-state index contributed by atoms with van der Waals surface area (Å²) >= 11 is 1.67. The Balaban J connectivity index is 2.07. The molecule has 0 saturated carbocycles. The second-order valence-electron chi connectivity index (χ2n) is 4.82. The lowest BCUT2D eigenvalue weighted by Crippen LogP contribution is -2.43. The molecule has 0 aromatic heterocycles. The number of piperidine rings is 1. The fourth-order valence-corrected chi connectivity index (χ4v) is 2.98. The largest absolute Gasteiger partial charge is 0.356 e. The van der Waals surface area contributed by atoms with E-state index in [9.17, 15) is 9.59 Å². The van der Waals surface area contributed by atoms with Gasteiger partial charge in [0.05, 0.1) is 5.75 Å². The normalized spacial score (nSPS) is 19.7. The van der Waals surface area contributed by atoms with Gasteiger partial charge < -0.3 is 10.2 Å². The van der Waals surface area contributed by atoms with Gasteiger partial charge in [-0.2, -0.15) is 11.8 Å². The SMILES string of the molecule is CC(=O)NCCCSCC(=O)N1CCCC[C@H]1C. The Morgan fingerprint density at radius 3 is 2.83 bits per heavy atom. The molecule has 0 radical (unpaired) electrons. The van der Waals surface area contributed by atoms with Crippen LogP contribution in [0.2, 0.25) is 0 Å². The third-order valence-corrected chi connectivity index (χ3v) is 4.22. The van der Waals surface area contributed by atoms with Crippen molar-refractivity contribution in [2.75, 3.05) is 24.6 Å². The summed E-state index contributed by atoms with van der Waals surface area (Å²) in [6.07, 6.45) is 4.45. The first-order valence-corrected chi connectivity index (χ1v) is 7.88. The van der Waals surface area contributed by atoms with Crippen LogP contribution in [0.5, 0.6) is 0 Å². The number of thioether (sulfide) groups is 1. The topological polar surface area (TPSA) is 49.4 Å². The minimum atomic E-state index is 0.0122. The van der Waals surface area contributed by atoms with Gasteiger partial charge in [0, 0.05) is 26.1 Å². The summed E-state index contributed by atoms with van der Waals surface area (Å²) < 4.78 is 0. The standard InChI is InChI=1S/C13H24N2O2S/c1-11-6-3-4-8-15(11)13(17)10-18-9-5-7-14-12(2)16/h11H,3-10H2,1-2H3,(H,14,16)/t11-/m1/s1. The molecular formula is C13H24N2O2S. The number of nitrogens with one attached hydrogen (secondary N) is 1. The molecule has 0 unspecified atom stereocenters. The molecule has 4 nitrogen and oxygen atoms in total. The molecule has 0 spiro atoms. The molecule has 1 heterocycles. The number of nitrogens with zero attached hydrogens (tertiary/aromatic N) is 1. The maximum Gasteiger partial charge on any atom is 0.232 e. The molecule has 1 fully saturated rings. The number of hydrogen-bond acceptors (Lipinski definition) is 3. The van der Waals surface area contributed by atoms with Crippen LogP contribution in [-0.4, -0.2) is 47.4 Å². The number of carbonyl (C=O) groups excluding carboxylic acids is 2. The Morgan fingerprint density at radius 2 is 2.17 bits per heavy atom. The Labute approximate surface area is 114 Å². The maximum absolute atomic E-state index is 12.0. The molecule has 18 heavy (non-hydrogen) atoms. The van der Waals surface area contributed by atoms with Crippen molar-refractivity contribution in [3.05, 3.63) is 0 Å². The van der Waals surface area contributed by atoms with E-state index in [1.807, 2.05) is 4.90 Å². The zero-order valence-corrected chi connectivity index (χ0v) is 12.2. The van der Waals surface area contributed by atoms with Crippen molar-refractivity contribution in [1.29, 1.82) is 0 Å². The highest BCUT2D eigenvalue weighted by Gasteiger charge is 2.22. The van der Waals surface area contributed by atoms with Crippen LogP contribution in [0.3, 0.4) is 0 Å². The second kappa shape index (κ2) is 8.40. The molecule has 1 aliphatic rings. The first-order chi connectivity index (χ1) is 8.61. The van der Waals surface area contributed by atoms with E-state index in [-0.39, 0.29) is 11.8 Å². The molecule has 104 valence electrons. The van der Waals surface area contributed by atoms with Crippen molar-refractivity contribution in [1.82, 2.24) is 10.2 Å². The van der Waals surface area contributed by atoms with Crippen LogP contribution in [-0.2, 0) is 9.59 Å².